The van der Waals surface area contributed by atoms with Crippen molar-refractivity contribution in [1.82, 2.24) is 15.3 Å². The normalized spacial score (nSPS) is 10.3. The van der Waals surface area contributed by atoms with E-state index in [9.17, 15) is 14.0 Å². The number of esters is 1. The molecule has 27 heavy (non-hydrogen) atoms. The lowest BCUT2D eigenvalue weighted by molar-refractivity contribution is -0.124. The van der Waals surface area contributed by atoms with Crippen LogP contribution in [0.15, 0.2) is 54.0 Å². The molecule has 0 spiro atoms. The van der Waals surface area contributed by atoms with E-state index in [1.54, 1.807) is 30.5 Å². The molecule has 3 aromatic rings. The quantitative estimate of drug-likeness (QED) is 0.607. The molecule has 0 fully saturated rings. The van der Waals surface area contributed by atoms with Crippen LogP contribution in [0, 0.1) is 5.82 Å². The second-order valence-electron chi connectivity index (χ2n) is 5.36. The Bertz CT molecular complexity index is 916. The average Bonchev–Trinajstić information content (AvgIpc) is 3.15. The number of nitrogens with zero attached hydrogens (tertiary/aromatic N) is 2. The van der Waals surface area contributed by atoms with Gasteiger partial charge in [-0.05, 0) is 29.8 Å². The number of carbonyl (C=O) groups is 2. The van der Waals surface area contributed by atoms with E-state index in [4.69, 9.17) is 4.74 Å². The van der Waals surface area contributed by atoms with Gasteiger partial charge in [-0.1, -0.05) is 18.2 Å². The predicted octanol–water partition coefficient (Wildman–Crippen LogP) is 2.89. The molecule has 0 bridgehead atoms. The minimum absolute atomic E-state index is 0.102. The number of hydrogen-bond donors (Lipinski definition) is 2. The van der Waals surface area contributed by atoms with Crippen LogP contribution in [0.3, 0.4) is 0 Å². The number of ether oxygens (including phenoxy) is 1. The van der Waals surface area contributed by atoms with E-state index in [1.807, 2.05) is 6.07 Å². The van der Waals surface area contributed by atoms with Crippen LogP contribution in [0.2, 0.25) is 0 Å². The van der Waals surface area contributed by atoms with Gasteiger partial charge in [-0.2, -0.15) is 0 Å². The third kappa shape index (κ3) is 5.58. The first-order valence-corrected chi connectivity index (χ1v) is 8.80. The first kappa shape index (κ1) is 18.5. The highest BCUT2D eigenvalue weighted by atomic mass is 32.1. The molecular weight excluding hydrogens is 371 g/mol. The lowest BCUT2D eigenvalue weighted by Gasteiger charge is -2.06. The molecule has 138 valence electrons. The molecule has 2 heterocycles. The summed E-state index contributed by atoms with van der Waals surface area (Å²) in [5.41, 5.74) is 0.839. The summed E-state index contributed by atoms with van der Waals surface area (Å²) in [5.74, 6) is -0.905. The van der Waals surface area contributed by atoms with Gasteiger partial charge in [0.1, 0.15) is 11.6 Å². The maximum Gasteiger partial charge on any atom is 0.358 e. The number of anilines is 2. The maximum absolute atomic E-state index is 12.8. The molecule has 1 aromatic carbocycles. The van der Waals surface area contributed by atoms with Crippen LogP contribution >= 0.6 is 11.3 Å². The van der Waals surface area contributed by atoms with Crippen molar-refractivity contribution >= 4 is 34.2 Å². The predicted molar refractivity (Wildman–Crippen MR) is 98.2 cm³/mol. The molecule has 0 saturated carbocycles. The van der Waals surface area contributed by atoms with E-state index < -0.39 is 18.5 Å². The van der Waals surface area contributed by atoms with Crippen molar-refractivity contribution in [3.05, 3.63) is 71.1 Å². The molecule has 7 nitrogen and oxygen atoms in total. The summed E-state index contributed by atoms with van der Waals surface area (Å²) >= 11 is 1.22. The van der Waals surface area contributed by atoms with Crippen LogP contribution < -0.4 is 10.6 Å². The maximum atomic E-state index is 12.8. The van der Waals surface area contributed by atoms with Crippen molar-refractivity contribution in [2.24, 2.45) is 0 Å². The number of rotatable bonds is 7. The summed E-state index contributed by atoms with van der Waals surface area (Å²) in [6.45, 7) is -0.216. The molecular formula is C18H15FN4O3S. The number of amides is 1. The first-order chi connectivity index (χ1) is 13.1. The molecule has 0 atom stereocenters. The topological polar surface area (TPSA) is 93.2 Å². The number of thiazole rings is 1. The van der Waals surface area contributed by atoms with Gasteiger partial charge in [0.15, 0.2) is 17.4 Å². The Morgan fingerprint density at radius 3 is 2.70 bits per heavy atom. The molecule has 2 N–H and O–H groups in total. The van der Waals surface area contributed by atoms with Gasteiger partial charge in [0.25, 0.3) is 5.91 Å². The standard InChI is InChI=1S/C18H15FN4O3S/c19-13-6-4-12(5-7-13)9-21-16(24)10-26-17(25)14-11-27-18(22-14)23-15-3-1-2-8-20-15/h1-8,11H,9-10H2,(H,21,24)(H,20,22,23). The lowest BCUT2D eigenvalue weighted by Crippen LogP contribution is -2.28. The number of nitrogens with one attached hydrogen (secondary N) is 2. The highest BCUT2D eigenvalue weighted by Gasteiger charge is 2.14. The SMILES string of the molecule is O=C(COC(=O)c1csc(Nc2ccccn2)n1)NCc1ccc(F)cc1. The van der Waals surface area contributed by atoms with Gasteiger partial charge in [0, 0.05) is 18.1 Å². The van der Waals surface area contributed by atoms with Crippen molar-refractivity contribution in [3.8, 4) is 0 Å². The van der Waals surface area contributed by atoms with E-state index in [0.717, 1.165) is 5.56 Å². The summed E-state index contributed by atoms with van der Waals surface area (Å²) in [6.07, 6.45) is 1.63. The van der Waals surface area contributed by atoms with E-state index in [0.29, 0.717) is 10.9 Å². The van der Waals surface area contributed by atoms with E-state index in [1.165, 1.54) is 28.8 Å². The largest absolute Gasteiger partial charge is 0.451 e. The van der Waals surface area contributed by atoms with Crippen molar-refractivity contribution < 1.29 is 18.7 Å². The Kier molecular flexibility index (Phi) is 6.06. The fourth-order valence-corrected chi connectivity index (χ4v) is 2.72. The number of benzene rings is 1. The molecule has 9 heteroatoms. The van der Waals surface area contributed by atoms with Crippen molar-refractivity contribution in [3.63, 3.8) is 0 Å². The molecule has 0 unspecified atom stereocenters. The Balaban J connectivity index is 1.44. The van der Waals surface area contributed by atoms with Gasteiger partial charge in [-0.25, -0.2) is 19.2 Å². The average molecular weight is 386 g/mol. The van der Waals surface area contributed by atoms with Gasteiger partial charge >= 0.3 is 5.97 Å². The Morgan fingerprint density at radius 1 is 1.15 bits per heavy atom. The zero-order chi connectivity index (χ0) is 19.1. The smallest absolute Gasteiger partial charge is 0.358 e. The molecule has 0 aliphatic heterocycles. The molecule has 3 rings (SSSR count). The van der Waals surface area contributed by atoms with Crippen LogP contribution in [0.4, 0.5) is 15.3 Å². The molecule has 0 aliphatic carbocycles. The Hall–Kier alpha value is -3.33. The number of aromatic nitrogens is 2. The summed E-state index contributed by atoms with van der Waals surface area (Å²) in [7, 11) is 0. The second kappa shape index (κ2) is 8.86. The fourth-order valence-electron chi connectivity index (χ4n) is 2.03. The minimum atomic E-state index is -0.697. The summed E-state index contributed by atoms with van der Waals surface area (Å²) in [4.78, 5) is 32.0. The molecule has 1 amide bonds. The van der Waals surface area contributed by atoms with Gasteiger partial charge in [0.2, 0.25) is 0 Å². The summed E-state index contributed by atoms with van der Waals surface area (Å²) in [6, 6.07) is 11.1. The Morgan fingerprint density at radius 2 is 1.96 bits per heavy atom. The minimum Gasteiger partial charge on any atom is -0.451 e. The third-order valence-electron chi connectivity index (χ3n) is 3.35. The van der Waals surface area contributed by atoms with E-state index in [2.05, 4.69) is 20.6 Å². The number of halogens is 1. The fraction of sp³-hybridized carbons (Fsp3) is 0.111. The zero-order valence-corrected chi connectivity index (χ0v) is 14.8. The summed E-state index contributed by atoms with van der Waals surface area (Å²) < 4.78 is 17.8. The zero-order valence-electron chi connectivity index (χ0n) is 14.0. The number of hydrogen-bond acceptors (Lipinski definition) is 7. The highest BCUT2D eigenvalue weighted by Crippen LogP contribution is 2.19. The monoisotopic (exact) mass is 386 g/mol. The van der Waals surface area contributed by atoms with Crippen LogP contribution in [-0.4, -0.2) is 28.5 Å². The van der Waals surface area contributed by atoms with Gasteiger partial charge in [-0.15, -0.1) is 11.3 Å². The van der Waals surface area contributed by atoms with E-state index in [-0.39, 0.29) is 18.1 Å². The van der Waals surface area contributed by atoms with Gasteiger partial charge in [0.05, 0.1) is 0 Å². The summed E-state index contributed by atoms with van der Waals surface area (Å²) in [5, 5.41) is 7.57. The molecule has 0 aliphatic rings. The third-order valence-corrected chi connectivity index (χ3v) is 4.11. The van der Waals surface area contributed by atoms with Gasteiger partial charge in [-0.3, -0.25) is 4.79 Å². The molecule has 2 aromatic heterocycles. The van der Waals surface area contributed by atoms with Crippen LogP contribution in [0.5, 0.6) is 0 Å². The van der Waals surface area contributed by atoms with E-state index >= 15 is 0 Å². The molecule has 0 saturated heterocycles. The van der Waals surface area contributed by atoms with Gasteiger partial charge < -0.3 is 15.4 Å². The highest BCUT2D eigenvalue weighted by molar-refractivity contribution is 7.14. The Labute approximate surface area is 158 Å². The number of carbonyl (C=O) groups excluding carboxylic acids is 2. The molecule has 0 radical (unpaired) electrons. The first-order valence-electron chi connectivity index (χ1n) is 7.92. The second-order valence-corrected chi connectivity index (χ2v) is 6.22. The van der Waals surface area contributed by atoms with Crippen LogP contribution in [-0.2, 0) is 16.1 Å². The van der Waals surface area contributed by atoms with Crippen LogP contribution in [0.1, 0.15) is 16.1 Å². The van der Waals surface area contributed by atoms with Crippen molar-refractivity contribution in [2.45, 2.75) is 6.54 Å². The van der Waals surface area contributed by atoms with Crippen molar-refractivity contribution in [1.29, 1.82) is 0 Å². The van der Waals surface area contributed by atoms with Crippen molar-refractivity contribution in [2.75, 3.05) is 11.9 Å². The van der Waals surface area contributed by atoms with Crippen LogP contribution in [0.25, 0.3) is 0 Å². The number of pyridine rings is 1. The lowest BCUT2D eigenvalue weighted by atomic mass is 10.2.